The molecule has 0 amide bonds. The summed E-state index contributed by atoms with van der Waals surface area (Å²) in [5, 5.41) is 0. The first-order valence-electron chi connectivity index (χ1n) is 10.2. The van der Waals surface area contributed by atoms with E-state index in [2.05, 4.69) is 72.1 Å². The van der Waals surface area contributed by atoms with Gasteiger partial charge in [-0.25, -0.2) is 8.42 Å². The van der Waals surface area contributed by atoms with Gasteiger partial charge in [-0.2, -0.15) is 0 Å². The summed E-state index contributed by atoms with van der Waals surface area (Å²) in [7, 11) is 0.435. The second-order valence-corrected chi connectivity index (χ2v) is 11.1. The van der Waals surface area contributed by atoms with E-state index in [-0.39, 0.29) is 4.90 Å². The van der Waals surface area contributed by atoms with Gasteiger partial charge in [0.2, 0.25) is 0 Å². The van der Waals surface area contributed by atoms with Crippen LogP contribution in [0.2, 0.25) is 0 Å². The molecule has 0 radical (unpaired) electrons. The molecule has 2 aromatic rings. The monoisotopic (exact) mass is 419 g/mol. The molecule has 29 heavy (non-hydrogen) atoms. The lowest BCUT2D eigenvalue weighted by Crippen LogP contribution is -2.40. The lowest BCUT2D eigenvalue weighted by Gasteiger charge is -2.32. The van der Waals surface area contributed by atoms with Crippen molar-refractivity contribution in [1.29, 1.82) is 0 Å². The molecule has 0 aliphatic heterocycles. The standard InChI is InChI=1S/C18H32N.C6H6O3S/c1-16(14-18(2,3)4)12-13-19(5,6)15-17-10-8-7-9-11-17;7-10(8,9)6-4-2-1-3-5-6/h7-11,16H,12-15H2,1-6H3;1-5H,(H,7,8,9)/q+1;/p-1. The van der Waals surface area contributed by atoms with Crippen LogP contribution in [0.15, 0.2) is 65.6 Å². The number of quaternary nitrogens is 1. The molecule has 2 aromatic carbocycles. The zero-order chi connectivity index (χ0) is 22.1. The maximum absolute atomic E-state index is 10.3. The highest BCUT2D eigenvalue weighted by molar-refractivity contribution is 7.85. The highest BCUT2D eigenvalue weighted by atomic mass is 32.2. The van der Waals surface area contributed by atoms with E-state index in [4.69, 9.17) is 0 Å². The molecule has 0 aliphatic carbocycles. The lowest BCUT2D eigenvalue weighted by molar-refractivity contribution is -0.904. The summed E-state index contributed by atoms with van der Waals surface area (Å²) in [6.07, 6.45) is 2.63. The van der Waals surface area contributed by atoms with Crippen LogP contribution < -0.4 is 0 Å². The minimum absolute atomic E-state index is 0.185. The minimum atomic E-state index is -4.25. The van der Waals surface area contributed by atoms with E-state index < -0.39 is 10.1 Å². The van der Waals surface area contributed by atoms with Crippen LogP contribution in [0, 0.1) is 11.3 Å². The SMILES string of the molecule is CC(CC[N+](C)(C)Cc1ccccc1)CC(C)(C)C.O=S(=O)([O-])c1ccccc1. The number of rotatable bonds is 7. The first kappa shape index (κ1) is 25.3. The zero-order valence-corrected chi connectivity index (χ0v) is 19.6. The summed E-state index contributed by atoms with van der Waals surface area (Å²) in [4.78, 5) is -0.185. The fourth-order valence-corrected chi connectivity index (χ4v) is 3.95. The molecule has 5 heteroatoms. The Morgan fingerprint density at radius 3 is 1.83 bits per heavy atom. The van der Waals surface area contributed by atoms with Gasteiger partial charge in [0.25, 0.3) is 0 Å². The molecule has 0 heterocycles. The third-order valence-corrected chi connectivity index (χ3v) is 5.52. The van der Waals surface area contributed by atoms with Gasteiger partial charge in [0, 0.05) is 5.56 Å². The maximum Gasteiger partial charge on any atom is 0.124 e. The van der Waals surface area contributed by atoms with E-state index in [9.17, 15) is 13.0 Å². The second kappa shape index (κ2) is 10.9. The normalized spacial score (nSPS) is 13.3. The molecule has 0 N–H and O–H groups in total. The van der Waals surface area contributed by atoms with Gasteiger partial charge >= 0.3 is 0 Å². The van der Waals surface area contributed by atoms with Crippen LogP contribution in [0.5, 0.6) is 0 Å². The van der Waals surface area contributed by atoms with Crippen molar-refractivity contribution in [2.75, 3.05) is 20.6 Å². The Labute approximate surface area is 177 Å². The lowest BCUT2D eigenvalue weighted by atomic mass is 9.84. The van der Waals surface area contributed by atoms with Crippen LogP contribution in [-0.4, -0.2) is 38.1 Å². The molecule has 0 fully saturated rings. The molecular formula is C24H37NO3S. The van der Waals surface area contributed by atoms with Crippen molar-refractivity contribution in [1.82, 2.24) is 0 Å². The average Bonchev–Trinajstić information content (AvgIpc) is 2.60. The summed E-state index contributed by atoms with van der Waals surface area (Å²) >= 11 is 0. The van der Waals surface area contributed by atoms with Crippen LogP contribution in [0.25, 0.3) is 0 Å². The molecule has 1 unspecified atom stereocenters. The summed E-state index contributed by atoms with van der Waals surface area (Å²) in [6.45, 7) is 11.8. The van der Waals surface area contributed by atoms with E-state index in [1.165, 1.54) is 49.2 Å². The molecule has 162 valence electrons. The fraction of sp³-hybridized carbons (Fsp3) is 0.500. The van der Waals surface area contributed by atoms with Gasteiger partial charge in [0.15, 0.2) is 0 Å². The Morgan fingerprint density at radius 2 is 1.41 bits per heavy atom. The second-order valence-electron chi connectivity index (χ2n) is 9.73. The molecule has 0 aliphatic rings. The molecular weight excluding hydrogens is 382 g/mol. The molecule has 1 atom stereocenters. The third kappa shape index (κ3) is 11.8. The van der Waals surface area contributed by atoms with E-state index >= 15 is 0 Å². The van der Waals surface area contributed by atoms with Gasteiger partial charge in [-0.3, -0.25) is 0 Å². The molecule has 4 nitrogen and oxygen atoms in total. The minimum Gasteiger partial charge on any atom is -0.744 e. The summed E-state index contributed by atoms with van der Waals surface area (Å²) in [5.74, 6) is 0.813. The summed E-state index contributed by atoms with van der Waals surface area (Å²) < 4.78 is 31.9. The van der Waals surface area contributed by atoms with E-state index in [1.807, 2.05) is 0 Å². The third-order valence-electron chi connectivity index (χ3n) is 4.67. The topological polar surface area (TPSA) is 57.2 Å². The molecule has 0 saturated heterocycles. The largest absolute Gasteiger partial charge is 0.744 e. The van der Waals surface area contributed by atoms with Crippen LogP contribution in [0.1, 0.15) is 46.1 Å². The molecule has 0 spiro atoms. The number of hydrogen-bond donors (Lipinski definition) is 0. The van der Waals surface area contributed by atoms with E-state index in [0.29, 0.717) is 5.41 Å². The van der Waals surface area contributed by atoms with Crippen LogP contribution in [0.4, 0.5) is 0 Å². The van der Waals surface area contributed by atoms with Gasteiger partial charge in [-0.15, -0.1) is 0 Å². The Bertz CT molecular complexity index is 810. The Morgan fingerprint density at radius 1 is 0.931 bits per heavy atom. The number of hydrogen-bond acceptors (Lipinski definition) is 3. The van der Waals surface area contributed by atoms with Gasteiger partial charge in [-0.05, 0) is 36.3 Å². The Kier molecular flexibility index (Phi) is 9.53. The van der Waals surface area contributed by atoms with Gasteiger partial charge in [-0.1, -0.05) is 76.2 Å². The van der Waals surface area contributed by atoms with Gasteiger partial charge in [0.05, 0.1) is 25.5 Å². The quantitative estimate of drug-likeness (QED) is 0.451. The first-order valence-corrected chi connectivity index (χ1v) is 11.6. The number of nitrogens with zero attached hydrogens (tertiary/aromatic N) is 1. The zero-order valence-electron chi connectivity index (χ0n) is 18.8. The van der Waals surface area contributed by atoms with Crippen molar-refractivity contribution in [3.63, 3.8) is 0 Å². The van der Waals surface area contributed by atoms with Crippen molar-refractivity contribution in [2.24, 2.45) is 11.3 Å². The summed E-state index contributed by atoms with van der Waals surface area (Å²) in [6, 6.07) is 18.0. The smallest absolute Gasteiger partial charge is 0.124 e. The van der Waals surface area contributed by atoms with Crippen molar-refractivity contribution in [3.8, 4) is 0 Å². The highest BCUT2D eigenvalue weighted by Gasteiger charge is 2.20. The number of benzene rings is 2. The maximum atomic E-state index is 10.3. The van der Waals surface area contributed by atoms with E-state index in [1.54, 1.807) is 6.07 Å². The molecule has 0 bridgehead atoms. The molecule has 0 aromatic heterocycles. The Balaban J connectivity index is 0.000000352. The Hall–Kier alpha value is -1.69. The van der Waals surface area contributed by atoms with Crippen molar-refractivity contribution < 1.29 is 17.5 Å². The predicted octanol–water partition coefficient (Wildman–Crippen LogP) is 5.32. The highest BCUT2D eigenvalue weighted by Crippen LogP contribution is 2.26. The van der Waals surface area contributed by atoms with Crippen LogP contribution in [0.3, 0.4) is 0 Å². The van der Waals surface area contributed by atoms with Gasteiger partial charge < -0.3 is 9.04 Å². The van der Waals surface area contributed by atoms with Crippen molar-refractivity contribution in [2.45, 2.75) is 52.0 Å². The average molecular weight is 420 g/mol. The van der Waals surface area contributed by atoms with Crippen LogP contribution >= 0.6 is 0 Å². The van der Waals surface area contributed by atoms with Crippen LogP contribution in [-0.2, 0) is 16.7 Å². The summed E-state index contributed by atoms with van der Waals surface area (Å²) in [5.41, 5.74) is 1.90. The van der Waals surface area contributed by atoms with Crippen molar-refractivity contribution in [3.05, 3.63) is 66.2 Å². The van der Waals surface area contributed by atoms with E-state index in [0.717, 1.165) is 16.9 Å². The fourth-order valence-electron chi connectivity index (χ4n) is 3.46. The molecule has 0 saturated carbocycles. The molecule has 2 rings (SSSR count). The van der Waals surface area contributed by atoms with Gasteiger partial charge in [0.1, 0.15) is 16.7 Å². The first-order chi connectivity index (χ1) is 13.3. The predicted molar refractivity (Wildman–Crippen MR) is 119 cm³/mol. The van der Waals surface area contributed by atoms with Crippen molar-refractivity contribution >= 4 is 10.1 Å².